The molecule has 8 nitrogen and oxygen atoms in total. The van der Waals surface area contributed by atoms with Gasteiger partial charge in [0.25, 0.3) is 5.91 Å². The Morgan fingerprint density at radius 2 is 1.88 bits per heavy atom. The number of sulfonamides is 1. The molecule has 2 aromatic carbocycles. The van der Waals surface area contributed by atoms with Crippen molar-refractivity contribution >= 4 is 33.2 Å². The molecule has 0 unspecified atom stereocenters. The van der Waals surface area contributed by atoms with Gasteiger partial charge in [-0.3, -0.25) is 4.79 Å². The number of ether oxygens (including phenoxy) is 1. The van der Waals surface area contributed by atoms with Crippen LogP contribution in [0.2, 0.25) is 5.02 Å². The van der Waals surface area contributed by atoms with E-state index in [0.717, 1.165) is 49.2 Å². The molecular weight excluding hydrogens is 576 g/mol. The van der Waals surface area contributed by atoms with Crippen molar-refractivity contribution in [1.82, 2.24) is 4.72 Å². The molecule has 2 aromatic rings. The molecule has 2 bridgehead atoms. The fourth-order valence-corrected chi connectivity index (χ4v) is 9.01. The molecule has 4 atom stereocenters. The van der Waals surface area contributed by atoms with Gasteiger partial charge < -0.3 is 19.8 Å². The Hall–Kier alpha value is -2.33. The van der Waals surface area contributed by atoms with Gasteiger partial charge in [0, 0.05) is 29.1 Å². The Labute approximate surface area is 253 Å². The SMILES string of the molecule is O=C1NS(=O)(=O)CCCCC[C@@](O)(CO)[C@@H]2CC[C@H]2CN2C[C@@]3(CCCCc4cc(Cl)ccc43)COc3ccc1cc32. The lowest BCUT2D eigenvalue weighted by molar-refractivity contribution is -0.117. The molecule has 1 spiro atoms. The first-order valence-electron chi connectivity index (χ1n) is 15.3. The van der Waals surface area contributed by atoms with E-state index in [1.54, 1.807) is 18.2 Å². The maximum atomic E-state index is 13.2. The van der Waals surface area contributed by atoms with Crippen LogP contribution in [0.1, 0.15) is 79.3 Å². The third-order valence-corrected chi connectivity index (χ3v) is 11.7. The minimum atomic E-state index is -3.82. The normalized spacial score (nSPS) is 31.4. The number of hydrogen-bond donors (Lipinski definition) is 3. The molecule has 0 aromatic heterocycles. The van der Waals surface area contributed by atoms with E-state index in [9.17, 15) is 23.4 Å². The van der Waals surface area contributed by atoms with E-state index in [1.807, 2.05) is 6.07 Å². The molecule has 42 heavy (non-hydrogen) atoms. The standard InChI is InChI=1S/C32H41ClN2O6S/c33-25-9-11-26-22(16-25)6-2-4-13-31(26)19-35-18-24-7-10-27(24)32(38,20-36)14-3-1-5-15-42(39,40)34-30(37)23-8-12-29(41-21-31)28(35)17-23/h8-9,11-12,16-17,24,27,36,38H,1-7,10,13-15,18-21H2,(H,34,37)/t24-,27+,31-,32+/m0/s1. The molecule has 2 heterocycles. The summed E-state index contributed by atoms with van der Waals surface area (Å²) in [7, 11) is -3.82. The Bertz CT molecular complexity index is 1450. The van der Waals surface area contributed by atoms with E-state index in [1.165, 1.54) is 11.1 Å². The van der Waals surface area contributed by atoms with Crippen molar-refractivity contribution in [2.75, 3.05) is 37.0 Å². The number of benzene rings is 2. The third-order valence-electron chi connectivity index (χ3n) is 10.2. The number of amides is 1. The zero-order chi connectivity index (χ0) is 29.5. The third kappa shape index (κ3) is 5.77. The largest absolute Gasteiger partial charge is 0.490 e. The van der Waals surface area contributed by atoms with Gasteiger partial charge in [0.2, 0.25) is 10.0 Å². The number of hydrogen-bond acceptors (Lipinski definition) is 7. The van der Waals surface area contributed by atoms with Gasteiger partial charge in [0.15, 0.2) is 0 Å². The number of aryl methyl sites for hydroxylation is 1. The Morgan fingerprint density at radius 3 is 2.67 bits per heavy atom. The molecule has 6 rings (SSSR count). The molecule has 228 valence electrons. The van der Waals surface area contributed by atoms with Crippen molar-refractivity contribution in [2.45, 2.75) is 75.2 Å². The van der Waals surface area contributed by atoms with Gasteiger partial charge in [0.05, 0.1) is 30.3 Å². The first-order chi connectivity index (χ1) is 20.1. The molecule has 2 aliphatic carbocycles. The van der Waals surface area contributed by atoms with Crippen molar-refractivity contribution in [3.63, 3.8) is 0 Å². The lowest BCUT2D eigenvalue weighted by atomic mass is 9.63. The maximum absolute atomic E-state index is 13.2. The number of aliphatic hydroxyl groups is 2. The number of rotatable bonds is 1. The first kappa shape index (κ1) is 29.7. The second-order valence-corrected chi connectivity index (χ2v) is 15.2. The van der Waals surface area contributed by atoms with Crippen LogP contribution in [-0.4, -0.2) is 62.2 Å². The van der Waals surface area contributed by atoms with Crippen molar-refractivity contribution < 1.29 is 28.2 Å². The van der Waals surface area contributed by atoms with Crippen molar-refractivity contribution in [1.29, 1.82) is 0 Å². The molecule has 1 fully saturated rings. The average Bonchev–Trinajstić information content (AvgIpc) is 3.21. The van der Waals surface area contributed by atoms with Crippen LogP contribution in [0.4, 0.5) is 5.69 Å². The fourth-order valence-electron chi connectivity index (χ4n) is 7.73. The van der Waals surface area contributed by atoms with E-state index in [2.05, 4.69) is 21.8 Å². The second-order valence-electron chi connectivity index (χ2n) is 12.9. The number of carbonyl (C=O) groups is 1. The van der Waals surface area contributed by atoms with Gasteiger partial charge in [-0.2, -0.15) is 0 Å². The summed E-state index contributed by atoms with van der Waals surface area (Å²) in [6, 6.07) is 11.3. The quantitative estimate of drug-likeness (QED) is 0.429. The van der Waals surface area contributed by atoms with E-state index in [-0.39, 0.29) is 35.2 Å². The number of aliphatic hydroxyl groups excluding tert-OH is 1. The number of halogens is 1. The summed E-state index contributed by atoms with van der Waals surface area (Å²) in [5.41, 5.74) is 1.98. The summed E-state index contributed by atoms with van der Waals surface area (Å²) < 4.78 is 34.2. The zero-order valence-corrected chi connectivity index (χ0v) is 25.6. The highest BCUT2D eigenvalue weighted by atomic mass is 35.5. The van der Waals surface area contributed by atoms with Crippen molar-refractivity contribution in [3.8, 4) is 5.75 Å². The van der Waals surface area contributed by atoms with Crippen molar-refractivity contribution in [2.24, 2.45) is 11.8 Å². The number of nitrogens with zero attached hydrogens (tertiary/aromatic N) is 1. The van der Waals surface area contributed by atoms with E-state index < -0.39 is 21.5 Å². The topological polar surface area (TPSA) is 116 Å². The molecule has 0 saturated heterocycles. The van der Waals surface area contributed by atoms with Crippen LogP contribution in [0.25, 0.3) is 0 Å². The number of anilines is 1. The summed E-state index contributed by atoms with van der Waals surface area (Å²) in [6.07, 6.45) is 7.76. The average molecular weight is 617 g/mol. The highest BCUT2D eigenvalue weighted by Gasteiger charge is 2.48. The van der Waals surface area contributed by atoms with Crippen LogP contribution in [0, 0.1) is 11.8 Å². The maximum Gasteiger partial charge on any atom is 0.264 e. The second kappa shape index (κ2) is 11.6. The van der Waals surface area contributed by atoms with Crippen LogP contribution >= 0.6 is 11.6 Å². The summed E-state index contributed by atoms with van der Waals surface area (Å²) in [6.45, 7) is 1.44. The van der Waals surface area contributed by atoms with E-state index in [4.69, 9.17) is 16.3 Å². The van der Waals surface area contributed by atoms with Gasteiger partial charge in [-0.15, -0.1) is 0 Å². The van der Waals surface area contributed by atoms with Crippen LogP contribution in [0.15, 0.2) is 36.4 Å². The molecule has 1 saturated carbocycles. The van der Waals surface area contributed by atoms with Gasteiger partial charge in [-0.1, -0.05) is 36.9 Å². The molecular formula is C32H41ClN2O6S. The predicted octanol–water partition coefficient (Wildman–Crippen LogP) is 4.59. The highest BCUT2D eigenvalue weighted by molar-refractivity contribution is 7.90. The first-order valence-corrected chi connectivity index (χ1v) is 17.3. The molecule has 0 radical (unpaired) electrons. The Morgan fingerprint density at radius 1 is 1.05 bits per heavy atom. The summed E-state index contributed by atoms with van der Waals surface area (Å²) in [5, 5.41) is 22.6. The smallest absolute Gasteiger partial charge is 0.264 e. The van der Waals surface area contributed by atoms with Gasteiger partial charge in [-0.25, -0.2) is 13.1 Å². The minimum Gasteiger partial charge on any atom is -0.490 e. The fraction of sp³-hybridized carbons (Fsp3) is 0.594. The van der Waals surface area contributed by atoms with Gasteiger partial charge in [-0.05, 0) is 98.2 Å². The predicted molar refractivity (Wildman–Crippen MR) is 163 cm³/mol. The summed E-state index contributed by atoms with van der Waals surface area (Å²) in [4.78, 5) is 15.5. The highest BCUT2D eigenvalue weighted by Crippen LogP contribution is 2.48. The van der Waals surface area contributed by atoms with Crippen LogP contribution in [0.3, 0.4) is 0 Å². The lowest BCUT2D eigenvalue weighted by Gasteiger charge is -2.49. The number of nitrogens with one attached hydrogen (secondary N) is 1. The van der Waals surface area contributed by atoms with Crippen LogP contribution in [0.5, 0.6) is 5.75 Å². The Balaban J connectivity index is 1.43. The van der Waals surface area contributed by atoms with Crippen molar-refractivity contribution in [3.05, 3.63) is 58.1 Å². The minimum absolute atomic E-state index is 0.0607. The molecule has 1 amide bonds. The van der Waals surface area contributed by atoms with E-state index >= 15 is 0 Å². The molecule has 3 N–H and O–H groups in total. The van der Waals surface area contributed by atoms with Gasteiger partial charge >= 0.3 is 0 Å². The number of carbonyl (C=O) groups excluding carboxylic acids is 1. The summed E-state index contributed by atoms with van der Waals surface area (Å²) in [5.74, 6) is -0.0650. The monoisotopic (exact) mass is 616 g/mol. The van der Waals surface area contributed by atoms with Gasteiger partial charge in [0.1, 0.15) is 5.75 Å². The zero-order valence-electron chi connectivity index (χ0n) is 24.0. The van der Waals surface area contributed by atoms with Crippen LogP contribution < -0.4 is 14.4 Å². The Kier molecular flexibility index (Phi) is 8.24. The number of fused-ring (bicyclic) bond motifs is 4. The lowest BCUT2D eigenvalue weighted by Crippen LogP contribution is -2.54. The molecule has 4 aliphatic rings. The molecule has 2 aliphatic heterocycles. The van der Waals surface area contributed by atoms with E-state index in [0.29, 0.717) is 51.1 Å². The summed E-state index contributed by atoms with van der Waals surface area (Å²) >= 11 is 6.43. The molecule has 10 heteroatoms. The van der Waals surface area contributed by atoms with Crippen LogP contribution in [-0.2, 0) is 21.9 Å².